The summed E-state index contributed by atoms with van der Waals surface area (Å²) in [5.41, 5.74) is 0.320. The highest BCUT2D eigenvalue weighted by molar-refractivity contribution is 9.09. The SMILES string of the molecule is C=CCCCCOC(=O)[C@H]1[C@@H]2OC3(CC2Br)C(C(=O)N(CC=C)Cn2nnc4ccccc42)N(CCCCCCO)C(=O)[C@H]13. The lowest BCUT2D eigenvalue weighted by molar-refractivity contribution is -0.155. The van der Waals surface area contributed by atoms with E-state index in [1.807, 2.05) is 30.3 Å². The van der Waals surface area contributed by atoms with Gasteiger partial charge in [-0.25, -0.2) is 4.68 Å². The summed E-state index contributed by atoms with van der Waals surface area (Å²) in [6, 6.07) is 6.59. The molecule has 238 valence electrons. The fourth-order valence-corrected chi connectivity index (χ4v) is 8.00. The molecule has 4 heterocycles. The second-order valence-corrected chi connectivity index (χ2v) is 13.0. The van der Waals surface area contributed by atoms with Gasteiger partial charge in [0.1, 0.15) is 23.8 Å². The van der Waals surface area contributed by atoms with Crippen molar-refractivity contribution in [1.29, 1.82) is 0 Å². The van der Waals surface area contributed by atoms with Crippen molar-refractivity contribution in [2.24, 2.45) is 11.8 Å². The maximum absolute atomic E-state index is 14.6. The normalized spacial score (nSPS) is 27.1. The minimum atomic E-state index is -1.17. The zero-order valence-corrected chi connectivity index (χ0v) is 26.6. The van der Waals surface area contributed by atoms with Gasteiger partial charge >= 0.3 is 5.97 Å². The summed E-state index contributed by atoms with van der Waals surface area (Å²) in [6.07, 6.45) is 8.67. The number of carbonyl (C=O) groups is 3. The third kappa shape index (κ3) is 6.08. The molecule has 0 saturated carbocycles. The van der Waals surface area contributed by atoms with Gasteiger partial charge in [-0.05, 0) is 50.7 Å². The number of alkyl halides is 1. The van der Waals surface area contributed by atoms with E-state index in [1.165, 1.54) is 0 Å². The Balaban J connectivity index is 1.44. The molecule has 0 radical (unpaired) electrons. The van der Waals surface area contributed by atoms with E-state index < -0.39 is 35.6 Å². The molecular weight excluding hydrogens is 630 g/mol. The van der Waals surface area contributed by atoms with Crippen LogP contribution in [0.5, 0.6) is 0 Å². The average Bonchev–Trinajstić information content (AvgIpc) is 3.73. The van der Waals surface area contributed by atoms with Crippen molar-refractivity contribution in [3.8, 4) is 0 Å². The molecule has 11 nitrogen and oxygen atoms in total. The minimum Gasteiger partial charge on any atom is -0.465 e. The van der Waals surface area contributed by atoms with Crippen LogP contribution >= 0.6 is 15.9 Å². The van der Waals surface area contributed by atoms with Gasteiger partial charge in [0.25, 0.3) is 0 Å². The van der Waals surface area contributed by atoms with E-state index in [0.717, 1.165) is 31.2 Å². The van der Waals surface area contributed by atoms with E-state index in [0.29, 0.717) is 37.7 Å². The van der Waals surface area contributed by atoms with Crippen LogP contribution in [0.3, 0.4) is 0 Å². The number of likely N-dealkylation sites (tertiary alicyclic amines) is 1. The highest BCUT2D eigenvalue weighted by Gasteiger charge is 2.77. The van der Waals surface area contributed by atoms with Gasteiger partial charge in [0, 0.05) is 24.5 Å². The van der Waals surface area contributed by atoms with Crippen LogP contribution < -0.4 is 0 Å². The lowest BCUT2D eigenvalue weighted by atomic mass is 9.70. The largest absolute Gasteiger partial charge is 0.465 e. The first-order chi connectivity index (χ1) is 21.4. The number of hydrogen-bond donors (Lipinski definition) is 1. The number of unbranched alkanes of at least 4 members (excludes halogenated alkanes) is 5. The highest BCUT2D eigenvalue weighted by Crippen LogP contribution is 2.60. The number of halogens is 1. The van der Waals surface area contributed by atoms with Crippen LogP contribution in [0.15, 0.2) is 49.6 Å². The van der Waals surface area contributed by atoms with E-state index in [4.69, 9.17) is 9.47 Å². The number of carbonyl (C=O) groups excluding carboxylic acids is 3. The smallest absolute Gasteiger partial charge is 0.312 e. The van der Waals surface area contributed by atoms with Crippen molar-refractivity contribution >= 4 is 44.7 Å². The molecule has 44 heavy (non-hydrogen) atoms. The number of rotatable bonds is 17. The third-order valence-electron chi connectivity index (χ3n) is 9.04. The van der Waals surface area contributed by atoms with Crippen LogP contribution in [-0.2, 0) is 30.5 Å². The molecule has 3 aliphatic heterocycles. The Morgan fingerprint density at radius 3 is 2.73 bits per heavy atom. The van der Waals surface area contributed by atoms with Gasteiger partial charge in [0.2, 0.25) is 11.8 Å². The van der Waals surface area contributed by atoms with Crippen LogP contribution in [0, 0.1) is 11.8 Å². The molecule has 1 aromatic carbocycles. The van der Waals surface area contributed by atoms with Crippen molar-refractivity contribution in [2.45, 2.75) is 80.6 Å². The van der Waals surface area contributed by atoms with Crippen LogP contribution in [0.25, 0.3) is 11.0 Å². The van der Waals surface area contributed by atoms with E-state index in [1.54, 1.807) is 20.6 Å². The summed E-state index contributed by atoms with van der Waals surface area (Å²) in [5, 5.41) is 17.7. The molecule has 12 heteroatoms. The van der Waals surface area contributed by atoms with Gasteiger partial charge < -0.3 is 24.4 Å². The summed E-state index contributed by atoms with van der Waals surface area (Å²) in [7, 11) is 0. The second kappa shape index (κ2) is 14.3. The molecule has 6 atom stereocenters. The van der Waals surface area contributed by atoms with Gasteiger partial charge in [-0.3, -0.25) is 14.4 Å². The summed E-state index contributed by atoms with van der Waals surface area (Å²) >= 11 is 3.72. The molecule has 3 aliphatic rings. The molecule has 3 unspecified atom stereocenters. The second-order valence-electron chi connectivity index (χ2n) is 11.9. The molecule has 0 aliphatic carbocycles. The van der Waals surface area contributed by atoms with Crippen LogP contribution in [0.4, 0.5) is 0 Å². The lowest BCUT2D eigenvalue weighted by Gasteiger charge is -2.37. The number of aromatic nitrogens is 3. The number of allylic oxidation sites excluding steroid dienone is 1. The van der Waals surface area contributed by atoms with E-state index in [-0.39, 0.29) is 43.1 Å². The molecule has 1 N–H and O–H groups in total. The molecule has 3 fully saturated rings. The number of para-hydroxylation sites is 1. The van der Waals surface area contributed by atoms with E-state index in [2.05, 4.69) is 39.4 Å². The molecular formula is C32H42BrN5O6. The number of hydrogen-bond acceptors (Lipinski definition) is 8. The Labute approximate surface area is 266 Å². The number of aliphatic hydroxyl groups is 1. The lowest BCUT2D eigenvalue weighted by Crippen LogP contribution is -2.57. The molecule has 3 saturated heterocycles. The first-order valence-electron chi connectivity index (χ1n) is 15.6. The highest BCUT2D eigenvalue weighted by atomic mass is 79.9. The number of benzene rings is 1. The summed E-state index contributed by atoms with van der Waals surface area (Å²) in [5.74, 6) is -2.60. The predicted octanol–water partition coefficient (Wildman–Crippen LogP) is 3.60. The number of fused-ring (bicyclic) bond motifs is 2. The van der Waals surface area contributed by atoms with Gasteiger partial charge in [0.15, 0.2) is 0 Å². The number of ether oxygens (including phenoxy) is 2. The van der Waals surface area contributed by atoms with Crippen LogP contribution in [0.1, 0.15) is 51.4 Å². The Morgan fingerprint density at radius 1 is 1.16 bits per heavy atom. The van der Waals surface area contributed by atoms with Crippen molar-refractivity contribution < 1.29 is 29.0 Å². The van der Waals surface area contributed by atoms with Gasteiger partial charge in [-0.15, -0.1) is 18.3 Å². The molecule has 2 amide bonds. The van der Waals surface area contributed by atoms with Gasteiger partial charge in [-0.1, -0.05) is 58.3 Å². The van der Waals surface area contributed by atoms with Gasteiger partial charge in [0.05, 0.1) is 30.1 Å². The number of nitrogens with zero attached hydrogens (tertiary/aromatic N) is 5. The first-order valence-corrected chi connectivity index (χ1v) is 16.5. The predicted molar refractivity (Wildman–Crippen MR) is 167 cm³/mol. The van der Waals surface area contributed by atoms with Gasteiger partial charge in [-0.2, -0.15) is 0 Å². The first kappa shape index (κ1) is 32.3. The maximum atomic E-state index is 14.6. The van der Waals surface area contributed by atoms with Crippen LogP contribution in [0.2, 0.25) is 0 Å². The fraction of sp³-hybridized carbons (Fsp3) is 0.594. The van der Waals surface area contributed by atoms with Crippen molar-refractivity contribution in [3.63, 3.8) is 0 Å². The molecule has 2 aromatic rings. The maximum Gasteiger partial charge on any atom is 0.312 e. The Hall–Kier alpha value is -3.09. The van der Waals surface area contributed by atoms with Crippen molar-refractivity contribution in [2.75, 3.05) is 26.3 Å². The Bertz CT molecular complexity index is 1370. The quantitative estimate of drug-likeness (QED) is 0.117. The summed E-state index contributed by atoms with van der Waals surface area (Å²) in [6.45, 7) is 8.65. The summed E-state index contributed by atoms with van der Waals surface area (Å²) < 4.78 is 14.0. The number of esters is 1. The van der Waals surface area contributed by atoms with E-state index in [9.17, 15) is 19.5 Å². The minimum absolute atomic E-state index is 0.110. The monoisotopic (exact) mass is 671 g/mol. The Morgan fingerprint density at radius 2 is 1.95 bits per heavy atom. The standard InChI is InChI=1S/C32H42BrN5O6/c1-3-5-6-13-19-43-31(42)25-26-29(40)37(17-11-7-8-12-18-39)28(32(26)20-22(33)27(25)44-32)30(41)36(16-4-2)21-38-24-15-10-9-14-23(24)34-35-38/h3-4,9-10,14-15,22,25-28,39H,1-2,5-8,11-13,16-21H2/t22?,25-,26+,27-,28?,32?/m1/s1. The van der Waals surface area contributed by atoms with Crippen molar-refractivity contribution in [1.82, 2.24) is 24.8 Å². The fourth-order valence-electron chi connectivity index (χ4n) is 7.06. The zero-order valence-electron chi connectivity index (χ0n) is 25.1. The topological polar surface area (TPSA) is 127 Å². The van der Waals surface area contributed by atoms with Crippen molar-refractivity contribution in [3.05, 3.63) is 49.6 Å². The third-order valence-corrected chi connectivity index (χ3v) is 9.88. The average molecular weight is 673 g/mol. The Kier molecular flexibility index (Phi) is 10.5. The molecule has 2 bridgehead atoms. The molecule has 1 aromatic heterocycles. The zero-order chi connectivity index (χ0) is 31.3. The molecule has 1 spiro atoms. The number of aliphatic hydroxyl groups excluding tert-OH is 1. The van der Waals surface area contributed by atoms with E-state index >= 15 is 0 Å². The number of amides is 2. The van der Waals surface area contributed by atoms with Crippen LogP contribution in [-0.4, -0.2) is 96.6 Å². The molecule has 5 rings (SSSR count). The summed E-state index contributed by atoms with van der Waals surface area (Å²) in [4.78, 5) is 45.5.